The fourth-order valence-corrected chi connectivity index (χ4v) is 2.20. The topological polar surface area (TPSA) is 50.7 Å². The van der Waals surface area contributed by atoms with Crippen LogP contribution in [0.1, 0.15) is 24.5 Å². The first-order chi connectivity index (χ1) is 9.65. The number of benzene rings is 1. The number of rotatable bonds is 6. The second kappa shape index (κ2) is 7.52. The van der Waals surface area contributed by atoms with Crippen molar-refractivity contribution in [1.29, 1.82) is 0 Å². The van der Waals surface area contributed by atoms with Crippen molar-refractivity contribution in [3.63, 3.8) is 0 Å². The molecule has 0 amide bonds. The highest BCUT2D eigenvalue weighted by molar-refractivity contribution is 5.30. The lowest BCUT2D eigenvalue weighted by Crippen LogP contribution is -2.37. The Morgan fingerprint density at radius 3 is 2.80 bits per heavy atom. The molecule has 1 aliphatic rings. The third-order valence-corrected chi connectivity index (χ3v) is 3.29. The Labute approximate surface area is 116 Å². The van der Waals surface area contributed by atoms with E-state index >= 15 is 0 Å². The maximum atomic E-state index is 12.1. The molecule has 20 heavy (non-hydrogen) atoms. The molecule has 0 radical (unpaired) electrons. The van der Waals surface area contributed by atoms with Crippen LogP contribution in [0.3, 0.4) is 0 Å². The summed E-state index contributed by atoms with van der Waals surface area (Å²) in [7, 11) is 0. The van der Waals surface area contributed by atoms with E-state index in [1.54, 1.807) is 12.1 Å². The molecule has 6 heteroatoms. The van der Waals surface area contributed by atoms with Crippen molar-refractivity contribution in [2.75, 3.05) is 19.8 Å². The maximum absolute atomic E-state index is 12.1. The molecule has 0 saturated carbocycles. The Balaban J connectivity index is 1.86. The van der Waals surface area contributed by atoms with E-state index in [4.69, 9.17) is 4.74 Å². The number of aliphatic hydroxyl groups is 1. The van der Waals surface area contributed by atoms with E-state index < -0.39 is 12.7 Å². The van der Waals surface area contributed by atoms with Gasteiger partial charge in [-0.25, -0.2) is 0 Å². The Morgan fingerprint density at radius 2 is 2.10 bits per heavy atom. The number of halogens is 2. The standard InChI is InChI=1S/C14H19F2NO3/c15-14(16)20-12-3-1-2-10(8-12)13(18)9-17-11-4-6-19-7-5-11/h1-3,8,11,13-14,17-18H,4-7,9H2. The lowest BCUT2D eigenvalue weighted by atomic mass is 10.1. The Hall–Kier alpha value is -1.24. The molecule has 1 aromatic rings. The molecule has 0 aliphatic carbocycles. The molecule has 1 heterocycles. The van der Waals surface area contributed by atoms with E-state index in [0.717, 1.165) is 26.1 Å². The largest absolute Gasteiger partial charge is 0.435 e. The van der Waals surface area contributed by atoms with Crippen LogP contribution in [0.5, 0.6) is 5.75 Å². The second-order valence-corrected chi connectivity index (χ2v) is 4.76. The van der Waals surface area contributed by atoms with Gasteiger partial charge in [-0.2, -0.15) is 8.78 Å². The molecule has 1 fully saturated rings. The quantitative estimate of drug-likeness (QED) is 0.841. The fourth-order valence-electron chi connectivity index (χ4n) is 2.20. The molecule has 1 saturated heterocycles. The van der Waals surface area contributed by atoms with Crippen LogP contribution >= 0.6 is 0 Å². The average molecular weight is 287 g/mol. The minimum atomic E-state index is -2.86. The van der Waals surface area contributed by atoms with E-state index in [2.05, 4.69) is 10.1 Å². The fraction of sp³-hybridized carbons (Fsp3) is 0.571. The summed E-state index contributed by atoms with van der Waals surface area (Å²) in [6.07, 6.45) is 1.08. The zero-order valence-electron chi connectivity index (χ0n) is 11.1. The average Bonchev–Trinajstić information content (AvgIpc) is 2.45. The van der Waals surface area contributed by atoms with Crippen molar-refractivity contribution >= 4 is 0 Å². The summed E-state index contributed by atoms with van der Waals surface area (Å²) < 4.78 is 33.8. The van der Waals surface area contributed by atoms with Crippen LogP contribution in [0, 0.1) is 0 Å². The van der Waals surface area contributed by atoms with Crippen molar-refractivity contribution in [3.8, 4) is 5.75 Å². The molecule has 4 nitrogen and oxygen atoms in total. The maximum Gasteiger partial charge on any atom is 0.387 e. The van der Waals surface area contributed by atoms with E-state index in [0.29, 0.717) is 18.2 Å². The third-order valence-electron chi connectivity index (χ3n) is 3.29. The summed E-state index contributed by atoms with van der Waals surface area (Å²) >= 11 is 0. The number of hydrogen-bond acceptors (Lipinski definition) is 4. The summed E-state index contributed by atoms with van der Waals surface area (Å²) in [6.45, 7) is -1.03. The molecule has 1 aromatic carbocycles. The van der Waals surface area contributed by atoms with Gasteiger partial charge in [0.05, 0.1) is 6.10 Å². The molecule has 2 rings (SSSR count). The first kappa shape index (κ1) is 15.2. The van der Waals surface area contributed by atoms with Gasteiger partial charge < -0.3 is 19.9 Å². The van der Waals surface area contributed by atoms with Gasteiger partial charge in [-0.1, -0.05) is 12.1 Å². The van der Waals surface area contributed by atoms with Crippen LogP contribution in [0.2, 0.25) is 0 Å². The van der Waals surface area contributed by atoms with Gasteiger partial charge in [0.15, 0.2) is 0 Å². The lowest BCUT2D eigenvalue weighted by molar-refractivity contribution is -0.0499. The third kappa shape index (κ3) is 4.70. The summed E-state index contributed by atoms with van der Waals surface area (Å²) in [5.74, 6) is 0.0580. The molecule has 0 spiro atoms. The monoisotopic (exact) mass is 287 g/mol. The normalized spacial score (nSPS) is 18.2. The first-order valence-electron chi connectivity index (χ1n) is 6.69. The highest BCUT2D eigenvalue weighted by atomic mass is 19.3. The van der Waals surface area contributed by atoms with E-state index in [1.807, 2.05) is 0 Å². The number of aliphatic hydroxyl groups excluding tert-OH is 1. The number of hydrogen-bond donors (Lipinski definition) is 2. The van der Waals surface area contributed by atoms with Gasteiger partial charge in [0.25, 0.3) is 0 Å². The molecule has 0 bridgehead atoms. The highest BCUT2D eigenvalue weighted by Crippen LogP contribution is 2.21. The highest BCUT2D eigenvalue weighted by Gasteiger charge is 2.16. The molecular formula is C14H19F2NO3. The van der Waals surface area contributed by atoms with Gasteiger partial charge in [-0.05, 0) is 30.5 Å². The lowest BCUT2D eigenvalue weighted by Gasteiger charge is -2.24. The molecular weight excluding hydrogens is 268 g/mol. The zero-order valence-corrected chi connectivity index (χ0v) is 11.1. The molecule has 1 unspecified atom stereocenters. The van der Waals surface area contributed by atoms with Crippen LogP contribution in [0.15, 0.2) is 24.3 Å². The summed E-state index contributed by atoms with van der Waals surface area (Å²) in [4.78, 5) is 0. The van der Waals surface area contributed by atoms with Crippen LogP contribution in [-0.2, 0) is 4.74 Å². The van der Waals surface area contributed by atoms with E-state index in [-0.39, 0.29) is 5.75 Å². The predicted molar refractivity (Wildman–Crippen MR) is 69.9 cm³/mol. The van der Waals surface area contributed by atoms with Crippen LogP contribution in [0.25, 0.3) is 0 Å². The Morgan fingerprint density at radius 1 is 1.35 bits per heavy atom. The van der Waals surface area contributed by atoms with Gasteiger partial charge in [0, 0.05) is 25.8 Å². The predicted octanol–water partition coefficient (Wildman–Crippen LogP) is 2.09. The molecule has 112 valence electrons. The molecule has 1 atom stereocenters. The van der Waals surface area contributed by atoms with E-state index in [1.165, 1.54) is 12.1 Å². The summed E-state index contributed by atoms with van der Waals surface area (Å²) in [5.41, 5.74) is 0.558. The second-order valence-electron chi connectivity index (χ2n) is 4.76. The Bertz CT molecular complexity index is 411. The van der Waals surface area contributed by atoms with Crippen molar-refractivity contribution in [2.24, 2.45) is 0 Å². The Kier molecular flexibility index (Phi) is 5.70. The number of nitrogens with one attached hydrogen (secondary N) is 1. The van der Waals surface area contributed by atoms with Gasteiger partial charge in [-0.15, -0.1) is 0 Å². The minimum Gasteiger partial charge on any atom is -0.435 e. The number of ether oxygens (including phenoxy) is 2. The molecule has 1 aliphatic heterocycles. The van der Waals surface area contributed by atoms with Crippen molar-refractivity contribution in [1.82, 2.24) is 5.32 Å². The summed E-state index contributed by atoms with van der Waals surface area (Å²) in [6, 6.07) is 6.48. The number of alkyl halides is 2. The first-order valence-corrected chi connectivity index (χ1v) is 6.69. The smallest absolute Gasteiger partial charge is 0.387 e. The summed E-state index contributed by atoms with van der Waals surface area (Å²) in [5, 5.41) is 13.3. The van der Waals surface area contributed by atoms with Crippen LogP contribution in [-0.4, -0.2) is 37.5 Å². The van der Waals surface area contributed by atoms with E-state index in [9.17, 15) is 13.9 Å². The van der Waals surface area contributed by atoms with Crippen molar-refractivity contribution < 1.29 is 23.4 Å². The minimum absolute atomic E-state index is 0.0580. The van der Waals surface area contributed by atoms with Gasteiger partial charge in [0.2, 0.25) is 0 Å². The van der Waals surface area contributed by atoms with Crippen molar-refractivity contribution in [3.05, 3.63) is 29.8 Å². The molecule has 0 aromatic heterocycles. The van der Waals surface area contributed by atoms with Crippen LogP contribution < -0.4 is 10.1 Å². The molecule has 2 N–H and O–H groups in total. The van der Waals surface area contributed by atoms with Gasteiger partial charge >= 0.3 is 6.61 Å². The SMILES string of the molecule is OC(CNC1CCOCC1)c1cccc(OC(F)F)c1. The van der Waals surface area contributed by atoms with Gasteiger partial charge in [0.1, 0.15) is 5.75 Å². The zero-order chi connectivity index (χ0) is 14.4. The van der Waals surface area contributed by atoms with Crippen molar-refractivity contribution in [2.45, 2.75) is 31.6 Å². The van der Waals surface area contributed by atoms with Crippen LogP contribution in [0.4, 0.5) is 8.78 Å². The van der Waals surface area contributed by atoms with Gasteiger partial charge in [-0.3, -0.25) is 0 Å².